The average Bonchev–Trinajstić information content (AvgIpc) is 3.44. The Labute approximate surface area is 212 Å². The first-order valence-corrected chi connectivity index (χ1v) is 12.5. The van der Waals surface area contributed by atoms with Crippen molar-refractivity contribution in [1.82, 2.24) is 0 Å². The van der Waals surface area contributed by atoms with E-state index in [4.69, 9.17) is 9.47 Å². The number of carbonyl (C=O) groups excluding carboxylic acids is 2. The van der Waals surface area contributed by atoms with Crippen LogP contribution in [0.2, 0.25) is 0 Å². The summed E-state index contributed by atoms with van der Waals surface area (Å²) in [5, 5.41) is 7.24. The molecule has 2 amide bonds. The van der Waals surface area contributed by atoms with Crippen LogP contribution in [-0.4, -0.2) is 26.0 Å². The number of nitrogens with one attached hydrogen (secondary N) is 2. The van der Waals surface area contributed by atoms with Crippen molar-refractivity contribution in [3.8, 4) is 11.5 Å². The third-order valence-electron chi connectivity index (χ3n) is 5.12. The van der Waals surface area contributed by atoms with Gasteiger partial charge in [0.15, 0.2) is 0 Å². The molecule has 6 nitrogen and oxygen atoms in total. The highest BCUT2D eigenvalue weighted by molar-refractivity contribution is 8.00. The van der Waals surface area contributed by atoms with Crippen LogP contribution < -0.4 is 20.1 Å². The van der Waals surface area contributed by atoms with Gasteiger partial charge in [0.1, 0.15) is 16.7 Å². The molecule has 178 valence electrons. The molecule has 1 atom stereocenters. The largest absolute Gasteiger partial charge is 0.497 e. The van der Waals surface area contributed by atoms with E-state index < -0.39 is 5.25 Å². The maximum absolute atomic E-state index is 13.4. The molecule has 0 spiro atoms. The van der Waals surface area contributed by atoms with Gasteiger partial charge in [0, 0.05) is 16.6 Å². The van der Waals surface area contributed by atoms with Gasteiger partial charge in [-0.15, -0.1) is 23.1 Å². The summed E-state index contributed by atoms with van der Waals surface area (Å²) in [4.78, 5) is 27.3. The van der Waals surface area contributed by atoms with Crippen LogP contribution in [0.5, 0.6) is 11.5 Å². The minimum atomic E-state index is -0.505. The van der Waals surface area contributed by atoms with Gasteiger partial charge in [-0.1, -0.05) is 36.4 Å². The molecular weight excluding hydrogens is 480 g/mol. The Bertz CT molecular complexity index is 1280. The molecule has 1 unspecified atom stereocenters. The molecule has 4 aromatic rings. The van der Waals surface area contributed by atoms with Crippen molar-refractivity contribution in [3.63, 3.8) is 0 Å². The number of ether oxygens (including phenoxy) is 2. The second-order valence-electron chi connectivity index (χ2n) is 7.42. The zero-order valence-electron chi connectivity index (χ0n) is 19.2. The van der Waals surface area contributed by atoms with Crippen LogP contribution in [0, 0.1) is 0 Å². The monoisotopic (exact) mass is 504 g/mol. The molecule has 1 heterocycles. The molecule has 0 aliphatic heterocycles. The lowest BCUT2D eigenvalue weighted by Crippen LogP contribution is -2.19. The second kappa shape index (κ2) is 11.6. The van der Waals surface area contributed by atoms with Gasteiger partial charge >= 0.3 is 0 Å². The van der Waals surface area contributed by atoms with Gasteiger partial charge in [0.25, 0.3) is 5.91 Å². The molecule has 3 aromatic carbocycles. The zero-order chi connectivity index (χ0) is 24.6. The van der Waals surface area contributed by atoms with Gasteiger partial charge in [-0.25, -0.2) is 0 Å². The number of methoxy groups -OCH3 is 2. The third-order valence-corrected chi connectivity index (χ3v) is 7.25. The quantitative estimate of drug-likeness (QED) is 0.255. The lowest BCUT2D eigenvalue weighted by molar-refractivity contribution is -0.115. The number of thioether (sulfide) groups is 1. The lowest BCUT2D eigenvalue weighted by atomic mass is 10.1. The smallest absolute Gasteiger partial charge is 0.265 e. The first kappa shape index (κ1) is 24.4. The molecule has 0 saturated heterocycles. The van der Waals surface area contributed by atoms with Crippen LogP contribution in [0.1, 0.15) is 20.5 Å². The summed E-state index contributed by atoms with van der Waals surface area (Å²) in [6.45, 7) is 0. The Morgan fingerprint density at radius 2 is 1.63 bits per heavy atom. The molecule has 35 heavy (non-hydrogen) atoms. The fourth-order valence-electron chi connectivity index (χ4n) is 3.35. The van der Waals surface area contributed by atoms with E-state index in [1.54, 1.807) is 38.5 Å². The Hall–Kier alpha value is -3.75. The van der Waals surface area contributed by atoms with Crippen LogP contribution in [0.3, 0.4) is 0 Å². The first-order valence-electron chi connectivity index (χ1n) is 10.8. The number of amides is 2. The molecular formula is C27H24N2O4S2. The highest BCUT2D eigenvalue weighted by Crippen LogP contribution is 2.38. The number of carbonyl (C=O) groups is 2. The van der Waals surface area contributed by atoms with E-state index in [0.29, 0.717) is 27.8 Å². The predicted octanol–water partition coefficient (Wildman–Crippen LogP) is 6.49. The molecule has 8 heteroatoms. The van der Waals surface area contributed by atoms with Crippen molar-refractivity contribution in [3.05, 3.63) is 101 Å². The number of thiophene rings is 1. The molecule has 2 N–H and O–H groups in total. The second-order valence-corrected chi connectivity index (χ2v) is 9.55. The highest BCUT2D eigenvalue weighted by Gasteiger charge is 2.23. The SMILES string of the molecule is COc1ccc(NC(=O)C(Sc2ccc(NC(=O)c3cccs3)cc2)c2ccccc2)c(OC)c1. The van der Waals surface area contributed by atoms with Crippen molar-refractivity contribution in [1.29, 1.82) is 0 Å². The minimum Gasteiger partial charge on any atom is -0.497 e. The molecule has 0 aliphatic carbocycles. The van der Waals surface area contributed by atoms with Gasteiger partial charge in [0.2, 0.25) is 5.91 Å². The third kappa shape index (κ3) is 6.23. The fourth-order valence-corrected chi connectivity index (χ4v) is 5.00. The number of benzene rings is 3. The Morgan fingerprint density at radius 1 is 0.857 bits per heavy atom. The minimum absolute atomic E-state index is 0.143. The molecule has 0 aliphatic rings. The van der Waals surface area contributed by atoms with Crippen molar-refractivity contribution >= 4 is 46.3 Å². The van der Waals surface area contributed by atoms with E-state index in [2.05, 4.69) is 10.6 Å². The van der Waals surface area contributed by atoms with Crippen molar-refractivity contribution in [2.75, 3.05) is 24.9 Å². The number of hydrogen-bond acceptors (Lipinski definition) is 6. The molecule has 0 fully saturated rings. The lowest BCUT2D eigenvalue weighted by Gasteiger charge is -2.19. The average molecular weight is 505 g/mol. The summed E-state index contributed by atoms with van der Waals surface area (Å²) >= 11 is 2.82. The van der Waals surface area contributed by atoms with Crippen LogP contribution in [-0.2, 0) is 4.79 Å². The Balaban J connectivity index is 1.52. The highest BCUT2D eigenvalue weighted by atomic mass is 32.2. The Morgan fingerprint density at radius 3 is 2.29 bits per heavy atom. The van der Waals surface area contributed by atoms with E-state index in [1.165, 1.54) is 23.1 Å². The van der Waals surface area contributed by atoms with Crippen LogP contribution in [0.25, 0.3) is 0 Å². The summed E-state index contributed by atoms with van der Waals surface area (Å²) in [5.41, 5.74) is 2.13. The first-order chi connectivity index (χ1) is 17.1. The van der Waals surface area contributed by atoms with E-state index in [1.807, 2.05) is 66.0 Å². The van der Waals surface area contributed by atoms with E-state index in [-0.39, 0.29) is 11.8 Å². The van der Waals surface area contributed by atoms with Crippen LogP contribution >= 0.6 is 23.1 Å². The van der Waals surface area contributed by atoms with Crippen molar-refractivity contribution in [2.24, 2.45) is 0 Å². The molecule has 0 bridgehead atoms. The summed E-state index contributed by atoms with van der Waals surface area (Å²) in [6, 6.07) is 25.9. The molecule has 0 radical (unpaired) electrons. The standard InChI is InChI=1S/C27H24N2O4S2/c1-32-20-12-15-22(23(17-20)33-2)29-27(31)25(18-7-4-3-5-8-18)35-21-13-10-19(11-14-21)28-26(30)24-9-6-16-34-24/h3-17,25H,1-2H3,(H,28,30)(H,29,31). The van der Waals surface area contributed by atoms with E-state index in [0.717, 1.165) is 10.5 Å². The van der Waals surface area contributed by atoms with Crippen LogP contribution in [0.4, 0.5) is 11.4 Å². The van der Waals surface area contributed by atoms with Gasteiger partial charge in [-0.3, -0.25) is 9.59 Å². The van der Waals surface area contributed by atoms with Gasteiger partial charge < -0.3 is 20.1 Å². The van der Waals surface area contributed by atoms with Gasteiger partial charge in [0.05, 0.1) is 24.8 Å². The summed E-state index contributed by atoms with van der Waals surface area (Å²) < 4.78 is 10.7. The number of hydrogen-bond donors (Lipinski definition) is 2. The number of rotatable bonds is 9. The maximum Gasteiger partial charge on any atom is 0.265 e. The fraction of sp³-hybridized carbons (Fsp3) is 0.111. The summed E-state index contributed by atoms with van der Waals surface area (Å²) in [6.07, 6.45) is 0. The van der Waals surface area contributed by atoms with E-state index in [9.17, 15) is 9.59 Å². The topological polar surface area (TPSA) is 76.7 Å². The molecule has 1 aromatic heterocycles. The normalized spacial score (nSPS) is 11.4. The van der Waals surface area contributed by atoms with Crippen LogP contribution in [0.15, 0.2) is 95.2 Å². The Kier molecular flexibility index (Phi) is 8.07. The molecule has 4 rings (SSSR count). The molecule has 0 saturated carbocycles. The number of anilines is 2. The zero-order valence-corrected chi connectivity index (χ0v) is 20.8. The predicted molar refractivity (Wildman–Crippen MR) is 142 cm³/mol. The summed E-state index contributed by atoms with van der Waals surface area (Å²) in [5.74, 6) is 0.829. The van der Waals surface area contributed by atoms with Gasteiger partial charge in [-0.2, -0.15) is 0 Å². The summed E-state index contributed by atoms with van der Waals surface area (Å²) in [7, 11) is 3.13. The van der Waals surface area contributed by atoms with Gasteiger partial charge in [-0.05, 0) is 53.4 Å². The maximum atomic E-state index is 13.4. The van der Waals surface area contributed by atoms with Crippen molar-refractivity contribution < 1.29 is 19.1 Å². The van der Waals surface area contributed by atoms with E-state index >= 15 is 0 Å². The van der Waals surface area contributed by atoms with Crippen molar-refractivity contribution in [2.45, 2.75) is 10.1 Å².